The normalized spacial score (nSPS) is 17.9. The van der Waals surface area contributed by atoms with Crippen molar-refractivity contribution in [1.29, 1.82) is 0 Å². The summed E-state index contributed by atoms with van der Waals surface area (Å²) < 4.78 is 24.2. The number of carbonyl (C=O) groups excluding carboxylic acids is 1. The lowest BCUT2D eigenvalue weighted by molar-refractivity contribution is 0.0707. The average molecular weight is 372 g/mol. The monoisotopic (exact) mass is 371 g/mol. The summed E-state index contributed by atoms with van der Waals surface area (Å²) in [7, 11) is -3.27. The zero-order valence-electron chi connectivity index (χ0n) is 15.3. The zero-order chi connectivity index (χ0) is 18.7. The maximum absolute atomic E-state index is 12.9. The highest BCUT2D eigenvalue weighted by molar-refractivity contribution is 7.91. The van der Waals surface area contributed by atoms with E-state index >= 15 is 0 Å². The number of benzene rings is 2. The number of hydrogen-bond donors (Lipinski definition) is 0. The average Bonchev–Trinajstić information content (AvgIpc) is 2.68. The van der Waals surface area contributed by atoms with Crippen LogP contribution in [0.2, 0.25) is 0 Å². The summed E-state index contributed by atoms with van der Waals surface area (Å²) in [5.74, 6) is 0.398. The van der Waals surface area contributed by atoms with Gasteiger partial charge in [-0.3, -0.25) is 4.79 Å². The molecule has 1 atom stereocenters. The minimum Gasteiger partial charge on any atom is -0.338 e. The number of carbonyl (C=O) groups is 1. The summed E-state index contributed by atoms with van der Waals surface area (Å²) in [6.07, 6.45) is 2.06. The van der Waals surface area contributed by atoms with E-state index in [0.717, 1.165) is 19.4 Å². The Morgan fingerprint density at radius 1 is 1.15 bits per heavy atom. The first-order chi connectivity index (χ1) is 12.4. The van der Waals surface area contributed by atoms with Gasteiger partial charge in [0.1, 0.15) is 0 Å². The molecule has 26 heavy (non-hydrogen) atoms. The number of rotatable bonds is 4. The third-order valence-corrected chi connectivity index (χ3v) is 7.00. The van der Waals surface area contributed by atoms with E-state index in [2.05, 4.69) is 12.1 Å². The van der Waals surface area contributed by atoms with Crippen molar-refractivity contribution in [2.45, 2.75) is 37.5 Å². The van der Waals surface area contributed by atoms with Crippen LogP contribution in [0.1, 0.15) is 47.2 Å². The van der Waals surface area contributed by atoms with Crippen molar-refractivity contribution < 1.29 is 13.2 Å². The first-order valence-corrected chi connectivity index (χ1v) is 10.7. The van der Waals surface area contributed by atoms with Crippen molar-refractivity contribution in [3.8, 4) is 0 Å². The number of amides is 1. The standard InChI is InChI=1S/C21H25NO3S/c1-3-26(24,25)20-12-11-18(14-16(20)2)21(23)22-13-7-10-19(15-22)17-8-5-4-6-9-17/h4-6,8-9,11-12,14,19H,3,7,10,13,15H2,1-2H3. The largest absolute Gasteiger partial charge is 0.338 e. The van der Waals surface area contributed by atoms with Gasteiger partial charge in [-0.15, -0.1) is 0 Å². The van der Waals surface area contributed by atoms with Gasteiger partial charge in [0.25, 0.3) is 5.91 Å². The van der Waals surface area contributed by atoms with Crippen LogP contribution < -0.4 is 0 Å². The minimum atomic E-state index is -3.27. The van der Waals surface area contributed by atoms with E-state index in [1.165, 1.54) is 5.56 Å². The lowest BCUT2D eigenvalue weighted by Gasteiger charge is -2.33. The van der Waals surface area contributed by atoms with Crippen LogP contribution in [0, 0.1) is 6.92 Å². The van der Waals surface area contributed by atoms with Crippen molar-refractivity contribution in [2.24, 2.45) is 0 Å². The quantitative estimate of drug-likeness (QED) is 0.821. The predicted octanol–water partition coefficient (Wildman–Crippen LogP) is 3.81. The van der Waals surface area contributed by atoms with Gasteiger partial charge in [-0.05, 0) is 49.1 Å². The molecule has 0 spiro atoms. The Bertz CT molecular complexity index is 891. The minimum absolute atomic E-state index is 0.0193. The van der Waals surface area contributed by atoms with Crippen molar-refractivity contribution in [3.63, 3.8) is 0 Å². The number of hydrogen-bond acceptors (Lipinski definition) is 3. The maximum atomic E-state index is 12.9. The first-order valence-electron chi connectivity index (χ1n) is 9.10. The Balaban J connectivity index is 1.80. The summed E-state index contributed by atoms with van der Waals surface area (Å²) >= 11 is 0. The molecule has 1 fully saturated rings. The predicted molar refractivity (Wildman–Crippen MR) is 103 cm³/mol. The Labute approximate surface area is 155 Å². The van der Waals surface area contributed by atoms with Gasteiger partial charge >= 0.3 is 0 Å². The number of nitrogens with zero attached hydrogens (tertiary/aromatic N) is 1. The molecule has 2 aromatic rings. The highest BCUT2D eigenvalue weighted by atomic mass is 32.2. The molecule has 1 unspecified atom stereocenters. The zero-order valence-corrected chi connectivity index (χ0v) is 16.1. The molecule has 0 radical (unpaired) electrons. The van der Waals surface area contributed by atoms with E-state index in [0.29, 0.717) is 28.5 Å². The van der Waals surface area contributed by atoms with E-state index in [-0.39, 0.29) is 11.7 Å². The Hall–Kier alpha value is -2.14. The number of piperidine rings is 1. The maximum Gasteiger partial charge on any atom is 0.253 e. The van der Waals surface area contributed by atoms with Crippen LogP contribution in [0.15, 0.2) is 53.4 Å². The van der Waals surface area contributed by atoms with Gasteiger partial charge in [-0.1, -0.05) is 37.3 Å². The summed E-state index contributed by atoms with van der Waals surface area (Å²) in [5, 5.41) is 0. The molecule has 0 aliphatic carbocycles. The van der Waals surface area contributed by atoms with Crippen molar-refractivity contribution in [3.05, 3.63) is 65.2 Å². The number of aryl methyl sites for hydroxylation is 1. The molecule has 1 heterocycles. The fourth-order valence-corrected chi connectivity index (χ4v) is 4.76. The lowest BCUT2D eigenvalue weighted by atomic mass is 9.90. The van der Waals surface area contributed by atoms with Gasteiger partial charge in [0, 0.05) is 24.6 Å². The Morgan fingerprint density at radius 3 is 2.54 bits per heavy atom. The van der Waals surface area contributed by atoms with Crippen molar-refractivity contribution in [1.82, 2.24) is 4.90 Å². The van der Waals surface area contributed by atoms with Gasteiger partial charge in [-0.25, -0.2) is 8.42 Å². The molecule has 5 heteroatoms. The summed E-state index contributed by atoms with van der Waals surface area (Å²) in [6, 6.07) is 15.2. The molecule has 0 N–H and O–H groups in total. The Kier molecular flexibility index (Phi) is 5.47. The molecule has 2 aromatic carbocycles. The second kappa shape index (κ2) is 7.62. The molecule has 4 nitrogen and oxygen atoms in total. The van der Waals surface area contributed by atoms with Crippen LogP contribution in [0.4, 0.5) is 0 Å². The van der Waals surface area contributed by atoms with Gasteiger partial charge in [0.05, 0.1) is 10.6 Å². The second-order valence-corrected chi connectivity index (χ2v) is 9.13. The fraction of sp³-hybridized carbons (Fsp3) is 0.381. The molecule has 0 aromatic heterocycles. The van der Waals surface area contributed by atoms with E-state index in [9.17, 15) is 13.2 Å². The fourth-order valence-electron chi connectivity index (χ4n) is 3.63. The molecular weight excluding hydrogens is 346 g/mol. The van der Waals surface area contributed by atoms with Crippen molar-refractivity contribution >= 4 is 15.7 Å². The molecule has 0 bridgehead atoms. The van der Waals surface area contributed by atoms with Crippen LogP contribution in [0.3, 0.4) is 0 Å². The van der Waals surface area contributed by atoms with E-state index in [1.807, 2.05) is 23.1 Å². The highest BCUT2D eigenvalue weighted by Crippen LogP contribution is 2.28. The van der Waals surface area contributed by atoms with Gasteiger partial charge < -0.3 is 4.90 Å². The molecule has 1 amide bonds. The SMILES string of the molecule is CCS(=O)(=O)c1ccc(C(=O)N2CCCC(c3ccccc3)C2)cc1C. The van der Waals surface area contributed by atoms with Gasteiger partial charge in [0.15, 0.2) is 9.84 Å². The first kappa shape index (κ1) is 18.6. The summed E-state index contributed by atoms with van der Waals surface area (Å²) in [6.45, 7) is 4.83. The van der Waals surface area contributed by atoms with Crippen molar-refractivity contribution in [2.75, 3.05) is 18.8 Å². The van der Waals surface area contributed by atoms with Crippen LogP contribution >= 0.6 is 0 Å². The molecular formula is C21H25NO3S. The summed E-state index contributed by atoms with van der Waals surface area (Å²) in [4.78, 5) is 15.1. The smallest absolute Gasteiger partial charge is 0.253 e. The molecule has 138 valence electrons. The van der Waals surface area contributed by atoms with Crippen LogP contribution in [0.25, 0.3) is 0 Å². The number of sulfone groups is 1. The molecule has 1 aliphatic heterocycles. The lowest BCUT2D eigenvalue weighted by Crippen LogP contribution is -2.39. The molecule has 1 saturated heterocycles. The van der Waals surface area contributed by atoms with E-state index < -0.39 is 9.84 Å². The van der Waals surface area contributed by atoms with Gasteiger partial charge in [-0.2, -0.15) is 0 Å². The molecule has 1 aliphatic rings. The van der Waals surface area contributed by atoms with Crippen LogP contribution in [-0.2, 0) is 9.84 Å². The van der Waals surface area contributed by atoms with E-state index in [4.69, 9.17) is 0 Å². The topological polar surface area (TPSA) is 54.5 Å². The summed E-state index contributed by atoms with van der Waals surface area (Å²) in [5.41, 5.74) is 2.46. The third kappa shape index (κ3) is 3.83. The number of likely N-dealkylation sites (tertiary alicyclic amines) is 1. The van der Waals surface area contributed by atoms with Crippen LogP contribution in [-0.4, -0.2) is 38.1 Å². The second-order valence-electron chi connectivity index (χ2n) is 6.88. The highest BCUT2D eigenvalue weighted by Gasteiger charge is 2.26. The van der Waals surface area contributed by atoms with Gasteiger partial charge in [0.2, 0.25) is 0 Å². The van der Waals surface area contributed by atoms with Crippen LogP contribution in [0.5, 0.6) is 0 Å². The molecule has 3 rings (SSSR count). The third-order valence-electron chi connectivity index (χ3n) is 5.12. The van der Waals surface area contributed by atoms with E-state index in [1.54, 1.807) is 32.0 Å². The Morgan fingerprint density at radius 2 is 1.88 bits per heavy atom. The molecule has 0 saturated carbocycles.